The van der Waals surface area contributed by atoms with Gasteiger partial charge in [-0.3, -0.25) is 4.90 Å². The van der Waals surface area contributed by atoms with E-state index in [2.05, 4.69) is 4.90 Å². The fourth-order valence-corrected chi connectivity index (χ4v) is 2.30. The molecule has 2 nitrogen and oxygen atoms in total. The standard InChI is InChI=1S/C12H16ClFN2.ClH/c13-11-2-1-10(12(14)5-11)8-16-4-3-9(6-15)7-16;/h1-2,5,9H,3-4,6-8,15H2;1H. The molecule has 0 bridgehead atoms. The van der Waals surface area contributed by atoms with Gasteiger partial charge in [0.25, 0.3) is 0 Å². The summed E-state index contributed by atoms with van der Waals surface area (Å²) < 4.78 is 13.5. The van der Waals surface area contributed by atoms with Crippen LogP contribution >= 0.6 is 24.0 Å². The third-order valence-corrected chi connectivity index (χ3v) is 3.35. The van der Waals surface area contributed by atoms with E-state index in [-0.39, 0.29) is 18.2 Å². The number of nitrogens with two attached hydrogens (primary N) is 1. The van der Waals surface area contributed by atoms with E-state index in [1.54, 1.807) is 12.1 Å². The van der Waals surface area contributed by atoms with Gasteiger partial charge in [-0.05, 0) is 37.6 Å². The van der Waals surface area contributed by atoms with Gasteiger partial charge >= 0.3 is 0 Å². The Hall–Kier alpha value is -0.350. The molecular weight excluding hydrogens is 262 g/mol. The molecule has 1 heterocycles. The normalized spacial score (nSPS) is 20.3. The van der Waals surface area contributed by atoms with Gasteiger partial charge in [0.15, 0.2) is 0 Å². The molecule has 0 spiro atoms. The molecule has 1 fully saturated rings. The molecule has 2 rings (SSSR count). The summed E-state index contributed by atoms with van der Waals surface area (Å²) in [5.41, 5.74) is 6.33. The zero-order valence-corrected chi connectivity index (χ0v) is 11.1. The Labute approximate surface area is 112 Å². The molecule has 5 heteroatoms. The van der Waals surface area contributed by atoms with Gasteiger partial charge in [-0.1, -0.05) is 17.7 Å². The van der Waals surface area contributed by atoms with Crippen molar-refractivity contribution < 1.29 is 4.39 Å². The van der Waals surface area contributed by atoms with Gasteiger partial charge < -0.3 is 5.73 Å². The summed E-state index contributed by atoms with van der Waals surface area (Å²) in [6.45, 7) is 3.35. The summed E-state index contributed by atoms with van der Waals surface area (Å²) in [6.07, 6.45) is 1.12. The molecule has 1 aliphatic rings. The lowest BCUT2D eigenvalue weighted by atomic mass is 10.1. The van der Waals surface area contributed by atoms with Crippen LogP contribution in [0.5, 0.6) is 0 Å². The van der Waals surface area contributed by atoms with Gasteiger partial charge in [-0.25, -0.2) is 4.39 Å². The average Bonchev–Trinajstić information content (AvgIpc) is 2.70. The van der Waals surface area contributed by atoms with Gasteiger partial charge in [0.1, 0.15) is 5.82 Å². The van der Waals surface area contributed by atoms with Gasteiger partial charge in [-0.15, -0.1) is 12.4 Å². The Morgan fingerprint density at radius 1 is 1.47 bits per heavy atom. The summed E-state index contributed by atoms with van der Waals surface area (Å²) >= 11 is 5.71. The highest BCUT2D eigenvalue weighted by atomic mass is 35.5. The van der Waals surface area contributed by atoms with E-state index in [1.165, 1.54) is 6.07 Å². The van der Waals surface area contributed by atoms with Gasteiger partial charge in [-0.2, -0.15) is 0 Å². The molecule has 0 amide bonds. The quantitative estimate of drug-likeness (QED) is 0.921. The molecule has 17 heavy (non-hydrogen) atoms. The third-order valence-electron chi connectivity index (χ3n) is 3.11. The zero-order chi connectivity index (χ0) is 11.5. The fourth-order valence-electron chi connectivity index (χ4n) is 2.14. The van der Waals surface area contributed by atoms with E-state index in [0.29, 0.717) is 23.0 Å². The fraction of sp³-hybridized carbons (Fsp3) is 0.500. The highest BCUT2D eigenvalue weighted by Crippen LogP contribution is 2.20. The van der Waals surface area contributed by atoms with Crippen molar-refractivity contribution in [1.82, 2.24) is 4.90 Å². The predicted octanol–water partition coefficient (Wildman–Crippen LogP) is 2.68. The van der Waals surface area contributed by atoms with E-state index < -0.39 is 0 Å². The molecule has 96 valence electrons. The van der Waals surface area contributed by atoms with E-state index in [4.69, 9.17) is 17.3 Å². The van der Waals surface area contributed by atoms with Crippen LogP contribution < -0.4 is 5.73 Å². The van der Waals surface area contributed by atoms with Crippen molar-refractivity contribution in [2.24, 2.45) is 11.7 Å². The van der Waals surface area contributed by atoms with Crippen LogP contribution in [0.2, 0.25) is 5.02 Å². The molecule has 1 aliphatic heterocycles. The van der Waals surface area contributed by atoms with Crippen molar-refractivity contribution in [3.05, 3.63) is 34.6 Å². The molecule has 2 N–H and O–H groups in total. The Bertz CT molecular complexity index is 374. The molecule has 1 aromatic rings. The highest BCUT2D eigenvalue weighted by Gasteiger charge is 2.21. The van der Waals surface area contributed by atoms with E-state index >= 15 is 0 Å². The van der Waals surface area contributed by atoms with Crippen LogP contribution in [0.3, 0.4) is 0 Å². The number of halogens is 3. The summed E-state index contributed by atoms with van der Waals surface area (Å²) in [6, 6.07) is 4.86. The predicted molar refractivity (Wildman–Crippen MR) is 71.1 cm³/mol. The number of hydrogen-bond acceptors (Lipinski definition) is 2. The van der Waals surface area contributed by atoms with Crippen LogP contribution in [0.15, 0.2) is 18.2 Å². The number of hydrogen-bond donors (Lipinski definition) is 1. The third kappa shape index (κ3) is 3.81. The van der Waals surface area contributed by atoms with Crippen molar-refractivity contribution in [3.63, 3.8) is 0 Å². The molecule has 1 atom stereocenters. The first-order valence-corrected chi connectivity index (χ1v) is 5.93. The van der Waals surface area contributed by atoms with Crippen LogP contribution in [0, 0.1) is 11.7 Å². The molecule has 1 saturated heterocycles. The molecule has 0 aliphatic carbocycles. The lowest BCUT2D eigenvalue weighted by Crippen LogP contribution is -2.23. The first-order chi connectivity index (χ1) is 7.69. The SMILES string of the molecule is Cl.NCC1CCN(Cc2ccc(Cl)cc2F)C1. The second-order valence-electron chi connectivity index (χ2n) is 4.36. The number of rotatable bonds is 3. The summed E-state index contributed by atoms with van der Waals surface area (Å²) in [5, 5.41) is 0.447. The number of benzene rings is 1. The molecule has 1 aromatic carbocycles. The first kappa shape index (κ1) is 14.7. The molecule has 1 unspecified atom stereocenters. The molecule has 0 aromatic heterocycles. The minimum absolute atomic E-state index is 0. The second kappa shape index (κ2) is 6.55. The first-order valence-electron chi connectivity index (χ1n) is 5.55. The van der Waals surface area contributed by atoms with Gasteiger partial charge in [0.2, 0.25) is 0 Å². The molecule has 0 radical (unpaired) electrons. The van der Waals surface area contributed by atoms with Crippen LogP contribution in [-0.2, 0) is 6.54 Å². The van der Waals surface area contributed by atoms with E-state index in [1.807, 2.05) is 0 Å². The number of likely N-dealkylation sites (tertiary alicyclic amines) is 1. The topological polar surface area (TPSA) is 29.3 Å². The lowest BCUT2D eigenvalue weighted by Gasteiger charge is -2.16. The zero-order valence-electron chi connectivity index (χ0n) is 9.53. The molecular formula is C12H17Cl2FN2. The number of nitrogens with zero attached hydrogens (tertiary/aromatic N) is 1. The maximum absolute atomic E-state index is 13.5. The summed E-state index contributed by atoms with van der Waals surface area (Å²) in [7, 11) is 0. The summed E-state index contributed by atoms with van der Waals surface area (Å²) in [5.74, 6) is 0.346. The Balaban J connectivity index is 0.00000144. The van der Waals surface area contributed by atoms with Gasteiger partial charge in [0.05, 0.1) is 0 Å². The van der Waals surface area contributed by atoms with Crippen LogP contribution in [0.4, 0.5) is 4.39 Å². The van der Waals surface area contributed by atoms with E-state index in [0.717, 1.165) is 26.1 Å². The average molecular weight is 279 g/mol. The van der Waals surface area contributed by atoms with Gasteiger partial charge in [0, 0.05) is 23.7 Å². The van der Waals surface area contributed by atoms with Crippen molar-refractivity contribution in [1.29, 1.82) is 0 Å². The van der Waals surface area contributed by atoms with Crippen molar-refractivity contribution >= 4 is 24.0 Å². The summed E-state index contributed by atoms with van der Waals surface area (Å²) in [4.78, 5) is 2.24. The molecule has 0 saturated carbocycles. The minimum atomic E-state index is -0.219. The second-order valence-corrected chi connectivity index (χ2v) is 4.80. The Kier molecular flexibility index (Phi) is 5.67. The van der Waals surface area contributed by atoms with Crippen LogP contribution in [0.1, 0.15) is 12.0 Å². The van der Waals surface area contributed by atoms with Crippen molar-refractivity contribution in [2.75, 3.05) is 19.6 Å². The van der Waals surface area contributed by atoms with Crippen molar-refractivity contribution in [3.8, 4) is 0 Å². The Morgan fingerprint density at radius 2 is 2.24 bits per heavy atom. The minimum Gasteiger partial charge on any atom is -0.330 e. The largest absolute Gasteiger partial charge is 0.330 e. The Morgan fingerprint density at radius 3 is 2.82 bits per heavy atom. The lowest BCUT2D eigenvalue weighted by molar-refractivity contribution is 0.312. The van der Waals surface area contributed by atoms with Crippen molar-refractivity contribution in [2.45, 2.75) is 13.0 Å². The smallest absolute Gasteiger partial charge is 0.129 e. The highest BCUT2D eigenvalue weighted by molar-refractivity contribution is 6.30. The van der Waals surface area contributed by atoms with Crippen LogP contribution in [0.25, 0.3) is 0 Å². The maximum Gasteiger partial charge on any atom is 0.129 e. The monoisotopic (exact) mass is 278 g/mol. The van der Waals surface area contributed by atoms with Crippen LogP contribution in [-0.4, -0.2) is 24.5 Å². The van der Waals surface area contributed by atoms with E-state index in [9.17, 15) is 4.39 Å². The maximum atomic E-state index is 13.5.